The van der Waals surface area contributed by atoms with Gasteiger partial charge in [0.25, 0.3) is 0 Å². The molecule has 0 aliphatic rings. The van der Waals surface area contributed by atoms with Crippen LogP contribution >= 0.6 is 11.8 Å². The Morgan fingerprint density at radius 2 is 2.33 bits per heavy atom. The van der Waals surface area contributed by atoms with Crippen molar-refractivity contribution in [2.24, 2.45) is 5.11 Å². The molecule has 4 heteroatoms. The highest BCUT2D eigenvalue weighted by molar-refractivity contribution is 7.99. The summed E-state index contributed by atoms with van der Waals surface area (Å²) in [5.41, 5.74) is 7.87. The summed E-state index contributed by atoms with van der Waals surface area (Å²) < 4.78 is 0. The van der Waals surface area contributed by atoms with E-state index in [0.717, 1.165) is 5.75 Å². The number of hydrogen-bond donors (Lipinski definition) is 0. The fourth-order valence-corrected chi connectivity index (χ4v) is 1.10. The van der Waals surface area contributed by atoms with Gasteiger partial charge in [0, 0.05) is 11.5 Å². The van der Waals surface area contributed by atoms with Gasteiger partial charge in [-0.2, -0.15) is 11.8 Å². The molecule has 0 spiro atoms. The lowest BCUT2D eigenvalue weighted by Gasteiger charge is -1.91. The van der Waals surface area contributed by atoms with Crippen molar-refractivity contribution < 1.29 is 0 Å². The molecule has 0 bridgehead atoms. The summed E-state index contributed by atoms with van der Waals surface area (Å²) in [6.07, 6.45) is 1.20. The zero-order chi connectivity index (χ0) is 6.95. The van der Waals surface area contributed by atoms with Crippen molar-refractivity contribution in [3.8, 4) is 0 Å². The largest absolute Gasteiger partial charge is 0.162 e. The van der Waals surface area contributed by atoms with Crippen LogP contribution in [0.25, 0.3) is 10.4 Å². The molecule has 0 unspecified atom stereocenters. The zero-order valence-corrected chi connectivity index (χ0v) is 6.39. The Balaban J connectivity index is 2.82. The first-order valence-corrected chi connectivity index (χ1v) is 4.16. The number of hydrogen-bond acceptors (Lipinski definition) is 2. The predicted molar refractivity (Wildman–Crippen MR) is 41.6 cm³/mol. The summed E-state index contributed by atoms with van der Waals surface area (Å²) in [5.74, 6) is 2.12. The minimum atomic E-state index is 0.626. The van der Waals surface area contributed by atoms with E-state index >= 15 is 0 Å². The van der Waals surface area contributed by atoms with E-state index in [1.165, 1.54) is 12.2 Å². The molecule has 0 rings (SSSR count). The first-order valence-electron chi connectivity index (χ1n) is 3.00. The number of thioether (sulfide) groups is 1. The van der Waals surface area contributed by atoms with E-state index in [4.69, 9.17) is 5.53 Å². The lowest BCUT2D eigenvalue weighted by atomic mass is 10.6. The van der Waals surface area contributed by atoms with Crippen LogP contribution in [0.5, 0.6) is 0 Å². The highest BCUT2D eigenvalue weighted by atomic mass is 32.2. The van der Waals surface area contributed by atoms with Crippen molar-refractivity contribution >= 4 is 11.8 Å². The minimum Gasteiger partial charge on any atom is -0.162 e. The van der Waals surface area contributed by atoms with Crippen LogP contribution in [0.15, 0.2) is 5.11 Å². The highest BCUT2D eigenvalue weighted by Gasteiger charge is 1.82. The molecular weight excluding hydrogens is 134 g/mol. The Bertz CT molecular complexity index is 98.4. The van der Waals surface area contributed by atoms with Crippen molar-refractivity contribution in [2.75, 3.05) is 18.1 Å². The van der Waals surface area contributed by atoms with Gasteiger partial charge < -0.3 is 0 Å². The van der Waals surface area contributed by atoms with Crippen LogP contribution in [0.3, 0.4) is 0 Å². The third-order valence-electron chi connectivity index (χ3n) is 0.747. The zero-order valence-electron chi connectivity index (χ0n) is 5.58. The van der Waals surface area contributed by atoms with Crippen LogP contribution in [-0.4, -0.2) is 18.1 Å². The first kappa shape index (κ1) is 8.66. The second-order valence-corrected chi connectivity index (χ2v) is 2.79. The first-order chi connectivity index (χ1) is 4.41. The molecular formula is C5H11N3S. The van der Waals surface area contributed by atoms with Gasteiger partial charge in [-0.1, -0.05) is 12.0 Å². The van der Waals surface area contributed by atoms with E-state index in [0.29, 0.717) is 6.54 Å². The number of azide groups is 1. The maximum Gasteiger partial charge on any atom is 0.0348 e. The molecule has 0 atom stereocenters. The van der Waals surface area contributed by atoms with Crippen molar-refractivity contribution in [2.45, 2.75) is 13.3 Å². The van der Waals surface area contributed by atoms with Gasteiger partial charge in [0.1, 0.15) is 0 Å². The Morgan fingerprint density at radius 3 is 2.89 bits per heavy atom. The molecule has 0 heterocycles. The van der Waals surface area contributed by atoms with Crippen LogP contribution in [0.2, 0.25) is 0 Å². The lowest BCUT2D eigenvalue weighted by Crippen LogP contribution is -1.84. The van der Waals surface area contributed by atoms with Gasteiger partial charge in [-0.05, 0) is 23.5 Å². The van der Waals surface area contributed by atoms with Gasteiger partial charge in [-0.3, -0.25) is 0 Å². The molecule has 0 aliphatic heterocycles. The average molecular weight is 145 g/mol. The Hall–Kier alpha value is -0.340. The topological polar surface area (TPSA) is 48.8 Å². The molecule has 0 radical (unpaired) electrons. The molecule has 3 nitrogen and oxygen atoms in total. The van der Waals surface area contributed by atoms with Crippen molar-refractivity contribution in [3.05, 3.63) is 10.4 Å². The fourth-order valence-electron chi connectivity index (χ4n) is 0.396. The van der Waals surface area contributed by atoms with E-state index < -0.39 is 0 Å². The molecule has 0 saturated carbocycles. The normalized spacial score (nSPS) is 8.56. The Morgan fingerprint density at radius 1 is 1.56 bits per heavy atom. The second-order valence-electron chi connectivity index (χ2n) is 1.57. The van der Waals surface area contributed by atoms with Crippen molar-refractivity contribution in [3.63, 3.8) is 0 Å². The van der Waals surface area contributed by atoms with Gasteiger partial charge in [0.2, 0.25) is 0 Å². The van der Waals surface area contributed by atoms with Gasteiger partial charge in [-0.15, -0.1) is 0 Å². The third-order valence-corrected chi connectivity index (χ3v) is 1.92. The molecule has 0 aromatic heterocycles. The van der Waals surface area contributed by atoms with Crippen LogP contribution in [0.4, 0.5) is 0 Å². The average Bonchev–Trinajstić information content (AvgIpc) is 1.89. The van der Waals surface area contributed by atoms with E-state index in [-0.39, 0.29) is 0 Å². The molecule has 9 heavy (non-hydrogen) atoms. The Labute approximate surface area is 59.5 Å². The minimum absolute atomic E-state index is 0.626. The monoisotopic (exact) mass is 145 g/mol. The van der Waals surface area contributed by atoms with Crippen molar-refractivity contribution in [1.29, 1.82) is 0 Å². The standard InChI is InChI=1S/C5H11N3S/c1-2-4-9-5-3-7-8-6/h2-5H2,1H3. The number of nitrogens with zero attached hydrogens (tertiary/aromatic N) is 3. The van der Waals surface area contributed by atoms with Crippen LogP contribution < -0.4 is 0 Å². The van der Waals surface area contributed by atoms with Gasteiger partial charge in [-0.25, -0.2) is 0 Å². The molecule has 52 valence electrons. The van der Waals surface area contributed by atoms with Gasteiger partial charge >= 0.3 is 0 Å². The summed E-state index contributed by atoms with van der Waals surface area (Å²) in [5, 5.41) is 3.40. The second kappa shape index (κ2) is 7.66. The SMILES string of the molecule is CCCSCCN=[N+]=[N-]. The quantitative estimate of drug-likeness (QED) is 0.254. The van der Waals surface area contributed by atoms with E-state index in [1.54, 1.807) is 0 Å². The van der Waals surface area contributed by atoms with Crippen LogP contribution in [-0.2, 0) is 0 Å². The summed E-state index contributed by atoms with van der Waals surface area (Å²) in [6, 6.07) is 0. The van der Waals surface area contributed by atoms with E-state index in [9.17, 15) is 0 Å². The molecule has 0 aromatic rings. The highest BCUT2D eigenvalue weighted by Crippen LogP contribution is 2.00. The summed E-state index contributed by atoms with van der Waals surface area (Å²) in [6.45, 7) is 2.77. The molecule has 0 amide bonds. The Kier molecular flexibility index (Phi) is 7.37. The fraction of sp³-hybridized carbons (Fsp3) is 1.00. The molecule has 0 fully saturated rings. The smallest absolute Gasteiger partial charge is 0.0348 e. The van der Waals surface area contributed by atoms with Crippen LogP contribution in [0.1, 0.15) is 13.3 Å². The van der Waals surface area contributed by atoms with E-state index in [2.05, 4.69) is 16.9 Å². The third kappa shape index (κ3) is 7.66. The molecule has 0 saturated heterocycles. The molecule has 0 N–H and O–H groups in total. The van der Waals surface area contributed by atoms with Gasteiger partial charge in [0.05, 0.1) is 0 Å². The molecule has 0 aromatic carbocycles. The summed E-state index contributed by atoms with van der Waals surface area (Å²) in [4.78, 5) is 2.64. The molecule has 0 aliphatic carbocycles. The van der Waals surface area contributed by atoms with Crippen molar-refractivity contribution in [1.82, 2.24) is 0 Å². The maximum absolute atomic E-state index is 7.87. The van der Waals surface area contributed by atoms with Gasteiger partial charge in [0.15, 0.2) is 0 Å². The summed E-state index contributed by atoms with van der Waals surface area (Å²) >= 11 is 1.83. The van der Waals surface area contributed by atoms with E-state index in [1.807, 2.05) is 11.8 Å². The summed E-state index contributed by atoms with van der Waals surface area (Å²) in [7, 11) is 0. The number of rotatable bonds is 5. The lowest BCUT2D eigenvalue weighted by molar-refractivity contribution is 1.08. The van der Waals surface area contributed by atoms with Crippen LogP contribution in [0, 0.1) is 0 Å². The predicted octanol–water partition coefficient (Wildman–Crippen LogP) is 2.44. The maximum atomic E-state index is 7.87.